The van der Waals surface area contributed by atoms with E-state index in [0.717, 1.165) is 28.0 Å². The summed E-state index contributed by atoms with van der Waals surface area (Å²) in [6, 6.07) is 14.4. The smallest absolute Gasteiger partial charge is 0.123 e. The van der Waals surface area contributed by atoms with E-state index in [1.807, 2.05) is 12.1 Å². The van der Waals surface area contributed by atoms with Crippen molar-refractivity contribution in [2.24, 2.45) is 0 Å². The highest BCUT2D eigenvalue weighted by Gasteiger charge is 2.03. The molecule has 18 heavy (non-hydrogen) atoms. The van der Waals surface area contributed by atoms with E-state index in [0.29, 0.717) is 0 Å². The number of rotatable bonds is 4. The Hall–Kier alpha value is -1.48. The second kappa shape index (κ2) is 5.91. The summed E-state index contributed by atoms with van der Waals surface area (Å²) in [5, 5.41) is 3.40. The van der Waals surface area contributed by atoms with Gasteiger partial charge in [-0.05, 0) is 42.8 Å². The molecule has 94 valence electrons. The number of ether oxygens (including phenoxy) is 1. The summed E-state index contributed by atoms with van der Waals surface area (Å²) in [5.74, 6) is 0.901. The minimum Gasteiger partial charge on any atom is -0.496 e. The van der Waals surface area contributed by atoms with Gasteiger partial charge in [0, 0.05) is 22.3 Å². The van der Waals surface area contributed by atoms with Gasteiger partial charge >= 0.3 is 0 Å². The van der Waals surface area contributed by atoms with Gasteiger partial charge < -0.3 is 10.1 Å². The first kappa shape index (κ1) is 13.0. The third-order valence-corrected chi connectivity index (χ3v) is 3.24. The molecule has 1 N–H and O–H groups in total. The third-order valence-electron chi connectivity index (χ3n) is 2.74. The lowest BCUT2D eigenvalue weighted by molar-refractivity contribution is 0.410. The van der Waals surface area contributed by atoms with Gasteiger partial charge in [0.05, 0.1) is 7.11 Å². The predicted octanol–water partition coefficient (Wildman–Crippen LogP) is 4.38. The van der Waals surface area contributed by atoms with Gasteiger partial charge in [-0.2, -0.15) is 0 Å². The number of nitrogens with one attached hydrogen (secondary N) is 1. The number of benzene rings is 2. The monoisotopic (exact) mass is 305 g/mol. The van der Waals surface area contributed by atoms with Crippen LogP contribution in [0.4, 0.5) is 5.69 Å². The molecule has 0 saturated heterocycles. The van der Waals surface area contributed by atoms with E-state index in [9.17, 15) is 0 Å². The van der Waals surface area contributed by atoms with Crippen molar-refractivity contribution >= 4 is 21.6 Å². The van der Waals surface area contributed by atoms with Crippen LogP contribution in [-0.4, -0.2) is 7.11 Å². The lowest BCUT2D eigenvalue weighted by atomic mass is 10.2. The summed E-state index contributed by atoms with van der Waals surface area (Å²) >= 11 is 3.48. The van der Waals surface area contributed by atoms with Gasteiger partial charge in [-0.3, -0.25) is 0 Å². The zero-order chi connectivity index (χ0) is 13.0. The van der Waals surface area contributed by atoms with Crippen molar-refractivity contribution < 1.29 is 4.74 Å². The highest BCUT2D eigenvalue weighted by atomic mass is 79.9. The summed E-state index contributed by atoms with van der Waals surface area (Å²) < 4.78 is 6.41. The summed E-state index contributed by atoms with van der Waals surface area (Å²) in [6.45, 7) is 2.83. The predicted molar refractivity (Wildman–Crippen MR) is 79.2 cm³/mol. The van der Waals surface area contributed by atoms with Crippen molar-refractivity contribution in [1.82, 2.24) is 0 Å². The topological polar surface area (TPSA) is 21.3 Å². The van der Waals surface area contributed by atoms with Crippen LogP contribution in [0, 0.1) is 6.92 Å². The second-order valence-electron chi connectivity index (χ2n) is 4.18. The first-order chi connectivity index (χ1) is 8.69. The molecule has 0 aliphatic carbocycles. The summed E-state index contributed by atoms with van der Waals surface area (Å²) in [7, 11) is 1.69. The van der Waals surface area contributed by atoms with Crippen molar-refractivity contribution in [3.05, 3.63) is 58.1 Å². The molecule has 0 atom stereocenters. The summed E-state index contributed by atoms with van der Waals surface area (Å²) in [4.78, 5) is 0. The maximum atomic E-state index is 5.35. The molecule has 0 aliphatic rings. The van der Waals surface area contributed by atoms with Gasteiger partial charge in [0.25, 0.3) is 0 Å². The minimum absolute atomic E-state index is 0.742. The average molecular weight is 306 g/mol. The molecule has 0 fully saturated rings. The van der Waals surface area contributed by atoms with Crippen molar-refractivity contribution in [3.63, 3.8) is 0 Å². The SMILES string of the molecule is COc1ccc(Br)cc1CNc1cccc(C)c1. The van der Waals surface area contributed by atoms with Gasteiger partial charge in [0.1, 0.15) is 5.75 Å². The van der Waals surface area contributed by atoms with Crippen LogP contribution in [0.1, 0.15) is 11.1 Å². The van der Waals surface area contributed by atoms with Crippen LogP contribution in [0.3, 0.4) is 0 Å². The van der Waals surface area contributed by atoms with E-state index in [-0.39, 0.29) is 0 Å². The van der Waals surface area contributed by atoms with Crippen LogP contribution in [0.25, 0.3) is 0 Å². The summed E-state index contributed by atoms with van der Waals surface area (Å²) in [6.07, 6.45) is 0. The van der Waals surface area contributed by atoms with Gasteiger partial charge in [0.2, 0.25) is 0 Å². The minimum atomic E-state index is 0.742. The first-order valence-corrected chi connectivity index (χ1v) is 6.61. The zero-order valence-electron chi connectivity index (χ0n) is 10.5. The van der Waals surface area contributed by atoms with E-state index in [4.69, 9.17) is 4.74 Å². The molecule has 0 saturated carbocycles. The van der Waals surface area contributed by atoms with Gasteiger partial charge in [-0.1, -0.05) is 28.1 Å². The molecule has 0 aromatic heterocycles. The molecule has 3 heteroatoms. The van der Waals surface area contributed by atoms with E-state index < -0.39 is 0 Å². The molecule has 0 amide bonds. The molecular weight excluding hydrogens is 290 g/mol. The molecule has 0 heterocycles. The molecule has 2 rings (SSSR count). The molecule has 2 aromatic carbocycles. The highest BCUT2D eigenvalue weighted by Crippen LogP contribution is 2.24. The second-order valence-corrected chi connectivity index (χ2v) is 5.09. The Bertz CT molecular complexity index is 540. The molecule has 0 radical (unpaired) electrons. The van der Waals surface area contributed by atoms with E-state index in [2.05, 4.69) is 58.5 Å². The first-order valence-electron chi connectivity index (χ1n) is 5.82. The Labute approximate surface area is 116 Å². The Morgan fingerprint density at radius 1 is 1.17 bits per heavy atom. The van der Waals surface area contributed by atoms with Gasteiger partial charge in [-0.25, -0.2) is 0 Å². The van der Waals surface area contributed by atoms with Crippen molar-refractivity contribution in [2.75, 3.05) is 12.4 Å². The largest absolute Gasteiger partial charge is 0.496 e. The molecule has 0 unspecified atom stereocenters. The summed E-state index contributed by atoms with van der Waals surface area (Å²) in [5.41, 5.74) is 3.51. The molecule has 0 spiro atoms. The molecule has 2 nitrogen and oxygen atoms in total. The molecule has 0 bridgehead atoms. The molecular formula is C15H16BrNO. The number of aryl methyl sites for hydroxylation is 1. The Balaban J connectivity index is 2.12. The van der Waals surface area contributed by atoms with E-state index in [1.54, 1.807) is 7.11 Å². The number of methoxy groups -OCH3 is 1. The standard InChI is InChI=1S/C15H16BrNO/c1-11-4-3-5-14(8-11)17-10-12-9-13(16)6-7-15(12)18-2/h3-9,17H,10H2,1-2H3. The van der Waals surface area contributed by atoms with Crippen LogP contribution in [-0.2, 0) is 6.54 Å². The average Bonchev–Trinajstić information content (AvgIpc) is 2.37. The number of halogens is 1. The van der Waals surface area contributed by atoms with Crippen molar-refractivity contribution in [1.29, 1.82) is 0 Å². The molecule has 2 aromatic rings. The quantitative estimate of drug-likeness (QED) is 0.905. The highest BCUT2D eigenvalue weighted by molar-refractivity contribution is 9.10. The van der Waals surface area contributed by atoms with Gasteiger partial charge in [0.15, 0.2) is 0 Å². The maximum Gasteiger partial charge on any atom is 0.123 e. The van der Waals surface area contributed by atoms with Crippen molar-refractivity contribution in [3.8, 4) is 5.75 Å². The lowest BCUT2D eigenvalue weighted by Crippen LogP contribution is -2.01. The number of hydrogen-bond acceptors (Lipinski definition) is 2. The maximum absolute atomic E-state index is 5.35. The Morgan fingerprint density at radius 2 is 2.00 bits per heavy atom. The fourth-order valence-corrected chi connectivity index (χ4v) is 2.25. The number of hydrogen-bond donors (Lipinski definition) is 1. The Kier molecular flexibility index (Phi) is 4.26. The van der Waals surface area contributed by atoms with Crippen molar-refractivity contribution in [2.45, 2.75) is 13.5 Å². The molecule has 0 aliphatic heterocycles. The van der Waals surface area contributed by atoms with Gasteiger partial charge in [-0.15, -0.1) is 0 Å². The zero-order valence-corrected chi connectivity index (χ0v) is 12.1. The third kappa shape index (κ3) is 3.26. The van der Waals surface area contributed by atoms with Crippen LogP contribution >= 0.6 is 15.9 Å². The van der Waals surface area contributed by atoms with Crippen LogP contribution in [0.5, 0.6) is 5.75 Å². The van der Waals surface area contributed by atoms with Crippen LogP contribution in [0.2, 0.25) is 0 Å². The fraction of sp³-hybridized carbons (Fsp3) is 0.200. The van der Waals surface area contributed by atoms with E-state index >= 15 is 0 Å². The fourth-order valence-electron chi connectivity index (χ4n) is 1.84. The van der Waals surface area contributed by atoms with E-state index in [1.165, 1.54) is 5.56 Å². The number of anilines is 1. The normalized spacial score (nSPS) is 10.2. The Morgan fingerprint density at radius 3 is 2.72 bits per heavy atom. The lowest BCUT2D eigenvalue weighted by Gasteiger charge is -2.11. The van der Waals surface area contributed by atoms with Crippen LogP contribution < -0.4 is 10.1 Å². The van der Waals surface area contributed by atoms with Crippen LogP contribution in [0.15, 0.2) is 46.9 Å².